The molecule has 0 spiro atoms. The van der Waals surface area contributed by atoms with Crippen LogP contribution in [0, 0.1) is 13.8 Å². The first-order valence-electron chi connectivity index (χ1n) is 7.65. The SMILES string of the molecule is C=C=C=C=C=C=C=C=C=C=C=C=C=C=C=C(c1cc(C)ccc1C)P(=O)(O)O. The van der Waals surface area contributed by atoms with Crippen molar-refractivity contribution in [1.82, 2.24) is 0 Å². The second-order valence-corrected chi connectivity index (χ2v) is 6.55. The highest BCUT2D eigenvalue weighted by Gasteiger charge is 2.24. The zero-order valence-corrected chi connectivity index (χ0v) is 16.1. The van der Waals surface area contributed by atoms with Gasteiger partial charge in [0.1, 0.15) is 5.31 Å². The van der Waals surface area contributed by atoms with E-state index in [1.165, 1.54) is 0 Å². The summed E-state index contributed by atoms with van der Waals surface area (Å²) in [5.74, 6) is 0. The van der Waals surface area contributed by atoms with Gasteiger partial charge in [-0.05, 0) is 100 Å². The molecular weight excluding hydrogens is 367 g/mol. The van der Waals surface area contributed by atoms with Crippen molar-refractivity contribution >= 4 is 12.9 Å². The third kappa shape index (κ3) is 8.41. The summed E-state index contributed by atoms with van der Waals surface area (Å²) >= 11 is 0. The first-order valence-corrected chi connectivity index (χ1v) is 9.26. The molecule has 28 heavy (non-hydrogen) atoms. The van der Waals surface area contributed by atoms with Crippen LogP contribution in [-0.4, -0.2) is 9.79 Å². The number of aryl methyl sites for hydroxylation is 2. The van der Waals surface area contributed by atoms with Crippen molar-refractivity contribution in [1.29, 1.82) is 0 Å². The van der Waals surface area contributed by atoms with Gasteiger partial charge in [0.2, 0.25) is 0 Å². The van der Waals surface area contributed by atoms with E-state index in [0.717, 1.165) is 5.56 Å². The van der Waals surface area contributed by atoms with E-state index in [-0.39, 0.29) is 5.31 Å². The Labute approximate surface area is 163 Å². The maximum Gasteiger partial charge on any atom is 0.365 e. The van der Waals surface area contributed by atoms with Crippen molar-refractivity contribution in [3.05, 3.63) is 122 Å². The Morgan fingerprint density at radius 3 is 1.75 bits per heavy atom. The van der Waals surface area contributed by atoms with Gasteiger partial charge < -0.3 is 9.79 Å². The monoisotopic (exact) mass is 380 g/mol. The number of rotatable bonds is 2. The summed E-state index contributed by atoms with van der Waals surface area (Å²) in [6, 6.07) is 5.31. The third-order valence-corrected chi connectivity index (χ3v) is 3.83. The molecule has 132 valence electrons. The molecule has 0 fully saturated rings. The largest absolute Gasteiger partial charge is 0.365 e. The van der Waals surface area contributed by atoms with E-state index in [4.69, 9.17) is 0 Å². The predicted molar refractivity (Wildman–Crippen MR) is 106 cm³/mol. The summed E-state index contributed by atoms with van der Waals surface area (Å²) in [4.78, 5) is 19.2. The van der Waals surface area contributed by atoms with Gasteiger partial charge in [0, 0.05) is 5.56 Å². The van der Waals surface area contributed by atoms with E-state index >= 15 is 0 Å². The molecule has 0 bridgehead atoms. The summed E-state index contributed by atoms with van der Waals surface area (Å²) in [5, 5.41) is -0.268. The molecule has 0 aliphatic heterocycles. The molecular formula is C24H13O3P. The quantitative estimate of drug-likeness (QED) is 0.581. The van der Waals surface area contributed by atoms with E-state index in [1.807, 2.05) is 13.0 Å². The molecule has 1 rings (SSSR count). The van der Waals surface area contributed by atoms with Gasteiger partial charge in [0.15, 0.2) is 0 Å². The fraction of sp³-hybridized carbons (Fsp3) is 0.0833. The van der Waals surface area contributed by atoms with Crippen molar-refractivity contribution in [2.45, 2.75) is 13.8 Å². The molecule has 4 heteroatoms. The van der Waals surface area contributed by atoms with Crippen LogP contribution in [0.4, 0.5) is 0 Å². The molecule has 0 aliphatic rings. The summed E-state index contributed by atoms with van der Waals surface area (Å²) < 4.78 is 11.8. The minimum atomic E-state index is -4.55. The fourth-order valence-corrected chi connectivity index (χ4v) is 2.49. The van der Waals surface area contributed by atoms with E-state index in [2.05, 4.69) is 86.8 Å². The van der Waals surface area contributed by atoms with Gasteiger partial charge in [-0.1, -0.05) is 29.5 Å². The Bertz CT molecular complexity index is 1380. The number of benzene rings is 1. The molecule has 0 aromatic heterocycles. The van der Waals surface area contributed by atoms with Crippen molar-refractivity contribution in [2.75, 3.05) is 0 Å². The zero-order chi connectivity index (χ0) is 20.8. The second-order valence-electron chi connectivity index (χ2n) is 5.01. The normalized spacial score (nSPS) is 7.71. The minimum Gasteiger partial charge on any atom is -0.321 e. The Hall–Kier alpha value is -3.97. The molecule has 1 aromatic rings. The van der Waals surface area contributed by atoms with Crippen LogP contribution in [-0.2, 0) is 4.57 Å². The lowest BCUT2D eigenvalue weighted by atomic mass is 10.1. The molecule has 0 unspecified atom stereocenters. The van der Waals surface area contributed by atoms with Crippen molar-refractivity contribution in [2.24, 2.45) is 0 Å². The highest BCUT2D eigenvalue weighted by atomic mass is 31.2. The lowest BCUT2D eigenvalue weighted by Gasteiger charge is -2.10. The highest BCUT2D eigenvalue weighted by molar-refractivity contribution is 7.63. The third-order valence-electron chi connectivity index (χ3n) is 2.90. The van der Waals surface area contributed by atoms with Crippen LogP contribution in [0.3, 0.4) is 0 Å². The summed E-state index contributed by atoms with van der Waals surface area (Å²) in [5.41, 5.74) is 36.2. The summed E-state index contributed by atoms with van der Waals surface area (Å²) in [7, 11) is -4.55. The van der Waals surface area contributed by atoms with Gasteiger partial charge in [-0.25, -0.2) is 0 Å². The molecule has 0 saturated carbocycles. The summed E-state index contributed by atoms with van der Waals surface area (Å²) in [6.07, 6.45) is 0. The average Bonchev–Trinajstić information content (AvgIpc) is 2.63. The first kappa shape index (κ1) is 22.1. The molecule has 1 aromatic carbocycles. The van der Waals surface area contributed by atoms with Gasteiger partial charge in [-0.2, -0.15) is 0 Å². The Morgan fingerprint density at radius 1 is 0.821 bits per heavy atom. The van der Waals surface area contributed by atoms with Crippen LogP contribution in [0.2, 0.25) is 0 Å². The van der Waals surface area contributed by atoms with Gasteiger partial charge >= 0.3 is 7.60 Å². The molecule has 0 saturated heterocycles. The van der Waals surface area contributed by atoms with Crippen molar-refractivity contribution < 1.29 is 14.4 Å². The molecule has 0 heterocycles. The Kier molecular flexibility index (Phi) is 9.15. The number of hydrogen-bond donors (Lipinski definition) is 2. The van der Waals surface area contributed by atoms with E-state index < -0.39 is 7.60 Å². The average molecular weight is 380 g/mol. The summed E-state index contributed by atoms with van der Waals surface area (Å²) in [6.45, 7) is 6.88. The first-order chi connectivity index (χ1) is 13.4. The molecule has 0 amide bonds. The Balaban J connectivity index is 3.62. The van der Waals surface area contributed by atoms with Gasteiger partial charge in [0.25, 0.3) is 0 Å². The Morgan fingerprint density at radius 2 is 1.29 bits per heavy atom. The topological polar surface area (TPSA) is 57.5 Å². The molecule has 0 aliphatic carbocycles. The van der Waals surface area contributed by atoms with E-state index in [9.17, 15) is 14.4 Å². The van der Waals surface area contributed by atoms with Crippen LogP contribution in [0.25, 0.3) is 5.31 Å². The van der Waals surface area contributed by atoms with E-state index in [0.29, 0.717) is 11.1 Å². The maximum atomic E-state index is 11.8. The number of hydrogen-bond acceptors (Lipinski definition) is 1. The van der Waals surface area contributed by atoms with Crippen LogP contribution in [0.15, 0.2) is 105 Å². The van der Waals surface area contributed by atoms with Crippen LogP contribution in [0.1, 0.15) is 16.7 Å². The molecule has 3 nitrogen and oxygen atoms in total. The molecule has 0 radical (unpaired) electrons. The van der Waals surface area contributed by atoms with Gasteiger partial charge in [-0.3, -0.25) is 4.57 Å². The lowest BCUT2D eigenvalue weighted by Crippen LogP contribution is -1.90. The van der Waals surface area contributed by atoms with Gasteiger partial charge in [0.05, 0.1) is 0 Å². The zero-order valence-electron chi connectivity index (χ0n) is 15.2. The van der Waals surface area contributed by atoms with Gasteiger partial charge in [-0.15, -0.1) is 0 Å². The predicted octanol–water partition coefficient (Wildman–Crippen LogP) is 4.62. The van der Waals surface area contributed by atoms with Crippen LogP contribution in [0.5, 0.6) is 0 Å². The van der Waals surface area contributed by atoms with Crippen molar-refractivity contribution in [3.8, 4) is 0 Å². The molecule has 2 N–H and O–H groups in total. The van der Waals surface area contributed by atoms with E-state index in [1.54, 1.807) is 19.1 Å². The van der Waals surface area contributed by atoms with Crippen LogP contribution < -0.4 is 0 Å². The fourth-order valence-electron chi connectivity index (χ4n) is 1.74. The highest BCUT2D eigenvalue weighted by Crippen LogP contribution is 2.51. The standard InChI is InChI=1S/C24H13O3P/c1-4-5-6-7-8-9-10-11-12-13-14-15-16-17-24(28(25,26)27)23-20-21(2)18-19-22(23)3/h18-20H,1H2,2-3H3,(H2,25,26,27). The smallest absolute Gasteiger partial charge is 0.321 e. The minimum absolute atomic E-state index is 0.268. The van der Waals surface area contributed by atoms with Crippen molar-refractivity contribution in [3.63, 3.8) is 0 Å². The second kappa shape index (κ2) is 11.6. The molecule has 0 atom stereocenters. The maximum absolute atomic E-state index is 11.8. The van der Waals surface area contributed by atoms with Crippen LogP contribution >= 0.6 is 7.60 Å². The lowest BCUT2D eigenvalue weighted by molar-refractivity contribution is 0.388.